The molecule has 1 unspecified atom stereocenters. The first-order valence-electron chi connectivity index (χ1n) is 4.65. The molecule has 0 saturated heterocycles. The molecule has 0 aromatic rings. The summed E-state index contributed by atoms with van der Waals surface area (Å²) in [6, 6.07) is 0. The van der Waals surface area contributed by atoms with Gasteiger partial charge in [0.2, 0.25) is 0 Å². The van der Waals surface area contributed by atoms with Gasteiger partial charge in [0.1, 0.15) is 0 Å². The molecule has 2 N–H and O–H groups in total. The summed E-state index contributed by atoms with van der Waals surface area (Å²) >= 11 is 0. The van der Waals surface area contributed by atoms with Crippen LogP contribution < -0.4 is 5.32 Å². The normalized spacial score (nSPS) is 12.9. The molecule has 1 atom stereocenters. The van der Waals surface area contributed by atoms with E-state index in [1.165, 1.54) is 21.3 Å². The van der Waals surface area contributed by atoms with Crippen LogP contribution in [0.4, 0.5) is 0 Å². The Hall–Kier alpha value is -0.690. The van der Waals surface area contributed by atoms with E-state index >= 15 is 0 Å². The van der Waals surface area contributed by atoms with E-state index in [4.69, 9.17) is 9.47 Å². The molecule has 0 amide bonds. The average molecular weight is 221 g/mol. The lowest BCUT2D eigenvalue weighted by molar-refractivity contribution is -0.142. The molecule has 0 saturated carbocycles. The van der Waals surface area contributed by atoms with Crippen molar-refractivity contribution in [2.45, 2.75) is 18.8 Å². The summed E-state index contributed by atoms with van der Waals surface area (Å²) in [7, 11) is 4.34. The molecule has 0 radical (unpaired) electrons. The highest BCUT2D eigenvalue weighted by atomic mass is 16.7. The van der Waals surface area contributed by atoms with Crippen molar-refractivity contribution >= 4 is 5.97 Å². The second-order valence-corrected chi connectivity index (χ2v) is 2.99. The van der Waals surface area contributed by atoms with Crippen LogP contribution >= 0.6 is 0 Å². The molecule has 6 heteroatoms. The molecule has 90 valence electrons. The fourth-order valence-corrected chi connectivity index (χ4v) is 0.979. The zero-order valence-corrected chi connectivity index (χ0v) is 9.36. The van der Waals surface area contributed by atoms with Crippen molar-refractivity contribution in [3.63, 3.8) is 0 Å². The molecule has 0 spiro atoms. The van der Waals surface area contributed by atoms with Crippen LogP contribution in [0, 0.1) is 0 Å². The lowest BCUT2D eigenvalue weighted by atomic mass is 10.2. The van der Waals surface area contributed by atoms with Gasteiger partial charge in [-0.1, -0.05) is 0 Å². The predicted octanol–water partition coefficient (Wildman–Crippen LogP) is -0.881. The van der Waals surface area contributed by atoms with Gasteiger partial charge in [0.25, 0.3) is 0 Å². The summed E-state index contributed by atoms with van der Waals surface area (Å²) in [5, 5.41) is 12.3. The van der Waals surface area contributed by atoms with E-state index in [1.54, 1.807) is 0 Å². The van der Waals surface area contributed by atoms with E-state index < -0.39 is 12.1 Å². The second kappa shape index (κ2) is 8.60. The number of nitrogens with one attached hydrogen (secondary N) is 1. The molecule has 0 aromatic heterocycles. The highest BCUT2D eigenvalue weighted by molar-refractivity contribution is 5.69. The molecule has 0 heterocycles. The molecule has 0 fully saturated rings. The number of aliphatic hydroxyl groups is 1. The maximum Gasteiger partial charge on any atom is 0.308 e. The highest BCUT2D eigenvalue weighted by Gasteiger charge is 2.11. The van der Waals surface area contributed by atoms with Gasteiger partial charge < -0.3 is 24.6 Å². The van der Waals surface area contributed by atoms with Gasteiger partial charge in [0.15, 0.2) is 6.29 Å². The van der Waals surface area contributed by atoms with E-state index in [1.807, 2.05) is 0 Å². The molecule has 0 aliphatic heterocycles. The Bertz CT molecular complexity index is 172. The highest BCUT2D eigenvalue weighted by Crippen LogP contribution is 1.93. The molecule has 0 rings (SSSR count). The molecule has 0 aliphatic carbocycles. The summed E-state index contributed by atoms with van der Waals surface area (Å²) in [5.41, 5.74) is 0. The quantitative estimate of drug-likeness (QED) is 0.409. The molecule has 0 aliphatic rings. The fourth-order valence-electron chi connectivity index (χ4n) is 0.979. The van der Waals surface area contributed by atoms with Crippen LogP contribution in [0.5, 0.6) is 0 Å². The number of carbonyl (C=O) groups excluding carboxylic acids is 1. The van der Waals surface area contributed by atoms with Gasteiger partial charge in [0.05, 0.1) is 19.6 Å². The van der Waals surface area contributed by atoms with Crippen LogP contribution in [0.2, 0.25) is 0 Å². The van der Waals surface area contributed by atoms with Crippen LogP contribution in [0.25, 0.3) is 0 Å². The third kappa shape index (κ3) is 7.26. The van der Waals surface area contributed by atoms with Gasteiger partial charge in [-0.3, -0.25) is 4.79 Å². The first kappa shape index (κ1) is 14.3. The third-order valence-corrected chi connectivity index (χ3v) is 1.85. The standard InChI is InChI=1S/C9H19NO5/c1-13-8(12)4-7(11)5-10-6-9(14-2)15-3/h7,9-11H,4-6H2,1-3H3. The summed E-state index contributed by atoms with van der Waals surface area (Å²) in [6.45, 7) is 0.740. The number of ether oxygens (including phenoxy) is 3. The van der Waals surface area contributed by atoms with Crippen molar-refractivity contribution in [1.82, 2.24) is 5.32 Å². The summed E-state index contributed by atoms with van der Waals surface area (Å²) in [5.74, 6) is -0.431. The number of carbonyl (C=O) groups is 1. The maximum absolute atomic E-state index is 10.8. The van der Waals surface area contributed by atoms with E-state index in [2.05, 4.69) is 10.1 Å². The SMILES string of the molecule is COC(=O)CC(O)CNCC(OC)OC. The molecule has 15 heavy (non-hydrogen) atoms. The fraction of sp³-hybridized carbons (Fsp3) is 0.889. The van der Waals surface area contributed by atoms with Crippen LogP contribution in [0.1, 0.15) is 6.42 Å². The Morgan fingerprint density at radius 2 is 1.87 bits per heavy atom. The summed E-state index contributed by atoms with van der Waals surface area (Å²) in [4.78, 5) is 10.8. The summed E-state index contributed by atoms with van der Waals surface area (Å²) in [6.07, 6.45) is -1.13. The van der Waals surface area contributed by atoms with Crippen LogP contribution in [0.15, 0.2) is 0 Å². The lowest BCUT2D eigenvalue weighted by Gasteiger charge is -2.15. The summed E-state index contributed by atoms with van der Waals surface area (Å²) < 4.78 is 14.3. The van der Waals surface area contributed by atoms with Crippen LogP contribution in [-0.2, 0) is 19.0 Å². The van der Waals surface area contributed by atoms with Crippen LogP contribution in [-0.4, -0.2) is 57.9 Å². The smallest absolute Gasteiger partial charge is 0.308 e. The molecule has 0 aromatic carbocycles. The lowest BCUT2D eigenvalue weighted by Crippen LogP contribution is -2.35. The first-order valence-corrected chi connectivity index (χ1v) is 4.65. The van der Waals surface area contributed by atoms with Crippen LogP contribution in [0.3, 0.4) is 0 Å². The van der Waals surface area contributed by atoms with Crippen molar-refractivity contribution < 1.29 is 24.1 Å². The van der Waals surface area contributed by atoms with Gasteiger partial charge in [-0.15, -0.1) is 0 Å². The zero-order chi connectivity index (χ0) is 11.7. The second-order valence-electron chi connectivity index (χ2n) is 2.99. The molecule has 0 bridgehead atoms. The minimum atomic E-state index is -0.758. The number of esters is 1. The monoisotopic (exact) mass is 221 g/mol. The van der Waals surface area contributed by atoms with Crippen molar-refractivity contribution in [2.75, 3.05) is 34.4 Å². The molecular formula is C9H19NO5. The Morgan fingerprint density at radius 3 is 2.33 bits per heavy atom. The van der Waals surface area contributed by atoms with Gasteiger partial charge in [0, 0.05) is 27.3 Å². The Balaban J connectivity index is 3.53. The Morgan fingerprint density at radius 1 is 1.27 bits per heavy atom. The zero-order valence-electron chi connectivity index (χ0n) is 9.36. The number of rotatable bonds is 8. The van der Waals surface area contributed by atoms with Gasteiger partial charge in [-0.25, -0.2) is 0 Å². The van der Waals surface area contributed by atoms with Crippen molar-refractivity contribution in [2.24, 2.45) is 0 Å². The van der Waals surface area contributed by atoms with E-state index in [0.717, 1.165) is 0 Å². The number of hydrogen-bond donors (Lipinski definition) is 2. The van der Waals surface area contributed by atoms with Gasteiger partial charge in [-0.05, 0) is 0 Å². The molecule has 6 nitrogen and oxygen atoms in total. The number of hydrogen-bond acceptors (Lipinski definition) is 6. The van der Waals surface area contributed by atoms with E-state index in [9.17, 15) is 9.90 Å². The van der Waals surface area contributed by atoms with E-state index in [0.29, 0.717) is 13.1 Å². The third-order valence-electron chi connectivity index (χ3n) is 1.85. The topological polar surface area (TPSA) is 77.0 Å². The maximum atomic E-state index is 10.8. The minimum absolute atomic E-state index is 0.0197. The largest absolute Gasteiger partial charge is 0.469 e. The minimum Gasteiger partial charge on any atom is -0.469 e. The Labute approximate surface area is 89.5 Å². The number of methoxy groups -OCH3 is 3. The van der Waals surface area contributed by atoms with Gasteiger partial charge in [-0.2, -0.15) is 0 Å². The molecular weight excluding hydrogens is 202 g/mol. The predicted molar refractivity (Wildman–Crippen MR) is 53.3 cm³/mol. The van der Waals surface area contributed by atoms with Crippen molar-refractivity contribution in [3.05, 3.63) is 0 Å². The number of aliphatic hydroxyl groups excluding tert-OH is 1. The average Bonchev–Trinajstić information content (AvgIpc) is 2.24. The van der Waals surface area contributed by atoms with Gasteiger partial charge >= 0.3 is 5.97 Å². The van der Waals surface area contributed by atoms with E-state index in [-0.39, 0.29) is 12.7 Å². The van der Waals surface area contributed by atoms with Crippen molar-refractivity contribution in [3.8, 4) is 0 Å². The first-order chi connectivity index (χ1) is 7.13. The Kier molecular flexibility index (Phi) is 8.21. The van der Waals surface area contributed by atoms with Crippen molar-refractivity contribution in [1.29, 1.82) is 0 Å².